The Kier molecular flexibility index (Phi) is 7.90. The number of hydrogen-bond donors (Lipinski definition) is 2. The van der Waals surface area contributed by atoms with Crippen molar-refractivity contribution in [2.75, 3.05) is 38.0 Å². The number of amides is 2. The largest absolute Gasteiger partial charge is 0.416 e. The monoisotopic (exact) mass is 434 g/mol. The van der Waals surface area contributed by atoms with Crippen LogP contribution in [0, 0.1) is 0 Å². The number of alkyl halides is 3. The zero-order chi connectivity index (χ0) is 21.8. The maximum Gasteiger partial charge on any atom is 0.416 e. The first kappa shape index (κ1) is 23.4. The fraction of sp³-hybridized carbons (Fsp3) is 0.579. The maximum atomic E-state index is 12.8. The molecular formula is C19H26ClF3N4O2. The Hall–Kier alpha value is -1.84. The van der Waals surface area contributed by atoms with Gasteiger partial charge in [0.15, 0.2) is 0 Å². The Morgan fingerprint density at radius 1 is 1.14 bits per heavy atom. The highest BCUT2D eigenvalue weighted by Crippen LogP contribution is 2.33. The molecule has 2 amide bonds. The lowest BCUT2D eigenvalue weighted by Gasteiger charge is -2.37. The van der Waals surface area contributed by atoms with Crippen molar-refractivity contribution in [1.29, 1.82) is 0 Å². The van der Waals surface area contributed by atoms with Crippen LogP contribution in [0.2, 0.25) is 5.02 Å². The molecule has 0 bridgehead atoms. The molecule has 1 heterocycles. The summed E-state index contributed by atoms with van der Waals surface area (Å²) >= 11 is 5.91. The Bertz CT molecular complexity index is 735. The molecule has 6 nitrogen and oxygen atoms in total. The van der Waals surface area contributed by atoms with Gasteiger partial charge in [0.2, 0.25) is 11.8 Å². The first-order chi connectivity index (χ1) is 13.5. The number of nitrogens with zero attached hydrogens (tertiary/aromatic N) is 2. The first-order valence-corrected chi connectivity index (χ1v) is 9.78. The van der Waals surface area contributed by atoms with E-state index < -0.39 is 17.6 Å². The standard InChI is InChI=1S/C19H26ClF3N4O2/c1-12(2)24-18(29)13(3)27-8-6-26(7-9-27)11-17(28)25-16-10-14(19(21,22)23)4-5-15(16)20/h4-5,10,12-13H,6-9,11H2,1-3H3,(H,24,29)(H,25,28). The topological polar surface area (TPSA) is 64.7 Å². The predicted molar refractivity (Wildman–Crippen MR) is 106 cm³/mol. The molecule has 2 rings (SSSR count). The van der Waals surface area contributed by atoms with Crippen LogP contribution in [-0.4, -0.2) is 66.4 Å². The fourth-order valence-corrected chi connectivity index (χ4v) is 3.23. The van der Waals surface area contributed by atoms with E-state index in [4.69, 9.17) is 11.6 Å². The molecule has 29 heavy (non-hydrogen) atoms. The van der Waals surface area contributed by atoms with Crippen molar-refractivity contribution in [2.24, 2.45) is 0 Å². The highest BCUT2D eigenvalue weighted by molar-refractivity contribution is 6.33. The summed E-state index contributed by atoms with van der Waals surface area (Å²) in [5.74, 6) is -0.476. The lowest BCUT2D eigenvalue weighted by molar-refractivity contribution is -0.137. The van der Waals surface area contributed by atoms with Crippen LogP contribution < -0.4 is 10.6 Å². The highest BCUT2D eigenvalue weighted by Gasteiger charge is 2.31. The molecule has 2 N–H and O–H groups in total. The number of piperazine rings is 1. The molecule has 1 aromatic rings. The summed E-state index contributed by atoms with van der Waals surface area (Å²) < 4.78 is 38.5. The van der Waals surface area contributed by atoms with E-state index in [2.05, 4.69) is 10.6 Å². The van der Waals surface area contributed by atoms with Crippen molar-refractivity contribution in [3.8, 4) is 0 Å². The lowest BCUT2D eigenvalue weighted by atomic mass is 10.2. The van der Waals surface area contributed by atoms with Gasteiger partial charge in [-0.25, -0.2) is 0 Å². The van der Waals surface area contributed by atoms with E-state index in [1.165, 1.54) is 0 Å². The summed E-state index contributed by atoms with van der Waals surface area (Å²) in [5, 5.41) is 5.38. The SMILES string of the molecule is CC(C)NC(=O)C(C)N1CCN(CC(=O)Nc2cc(C(F)(F)F)ccc2Cl)CC1. The van der Waals surface area contributed by atoms with Crippen LogP contribution in [0.1, 0.15) is 26.3 Å². The third-order valence-corrected chi connectivity index (χ3v) is 5.03. The molecule has 0 saturated carbocycles. The zero-order valence-electron chi connectivity index (χ0n) is 16.6. The third kappa shape index (κ3) is 6.87. The van der Waals surface area contributed by atoms with Gasteiger partial charge in [-0.1, -0.05) is 11.6 Å². The predicted octanol–water partition coefficient (Wildman–Crippen LogP) is 2.83. The highest BCUT2D eigenvalue weighted by atomic mass is 35.5. The molecule has 1 saturated heterocycles. The van der Waals surface area contributed by atoms with Crippen LogP contribution in [0.25, 0.3) is 0 Å². The maximum absolute atomic E-state index is 12.8. The quantitative estimate of drug-likeness (QED) is 0.722. The minimum atomic E-state index is -4.51. The summed E-state index contributed by atoms with van der Waals surface area (Å²) in [6, 6.07) is 2.61. The smallest absolute Gasteiger partial charge is 0.353 e. The molecule has 10 heteroatoms. The second-order valence-corrected chi connectivity index (χ2v) is 7.80. The number of benzene rings is 1. The van der Waals surface area contributed by atoms with Crippen molar-refractivity contribution in [3.05, 3.63) is 28.8 Å². The molecule has 1 aliphatic heterocycles. The lowest BCUT2D eigenvalue weighted by Crippen LogP contribution is -2.55. The molecule has 1 fully saturated rings. The van der Waals surface area contributed by atoms with Gasteiger partial charge >= 0.3 is 6.18 Å². The number of carbonyl (C=O) groups is 2. The van der Waals surface area contributed by atoms with Crippen LogP contribution in [0.3, 0.4) is 0 Å². The number of hydrogen-bond acceptors (Lipinski definition) is 4. The number of carbonyl (C=O) groups excluding carboxylic acids is 2. The molecule has 0 aliphatic carbocycles. The summed E-state index contributed by atoms with van der Waals surface area (Å²) in [6.07, 6.45) is -4.51. The van der Waals surface area contributed by atoms with Crippen molar-refractivity contribution in [3.63, 3.8) is 0 Å². The summed E-state index contributed by atoms with van der Waals surface area (Å²) in [5.41, 5.74) is -0.941. The van der Waals surface area contributed by atoms with Crippen molar-refractivity contribution in [1.82, 2.24) is 15.1 Å². The molecule has 0 radical (unpaired) electrons. The number of anilines is 1. The van der Waals surface area contributed by atoms with Gasteiger partial charge in [0.05, 0.1) is 28.9 Å². The van der Waals surface area contributed by atoms with Crippen molar-refractivity contribution < 1.29 is 22.8 Å². The van der Waals surface area contributed by atoms with E-state index >= 15 is 0 Å². The molecule has 1 atom stereocenters. The Morgan fingerprint density at radius 2 is 1.76 bits per heavy atom. The molecular weight excluding hydrogens is 409 g/mol. The van der Waals surface area contributed by atoms with Gasteiger partial charge in [0, 0.05) is 32.2 Å². The molecule has 0 aromatic heterocycles. The molecule has 162 valence electrons. The van der Waals surface area contributed by atoms with E-state index in [1.807, 2.05) is 30.6 Å². The Balaban J connectivity index is 1.87. The summed E-state index contributed by atoms with van der Waals surface area (Å²) in [6.45, 7) is 8.05. The first-order valence-electron chi connectivity index (χ1n) is 9.40. The van der Waals surface area contributed by atoms with Crippen molar-refractivity contribution >= 4 is 29.1 Å². The fourth-order valence-electron chi connectivity index (χ4n) is 3.07. The molecule has 0 spiro atoms. The van der Waals surface area contributed by atoms with Crippen LogP contribution >= 0.6 is 11.6 Å². The second-order valence-electron chi connectivity index (χ2n) is 7.39. The normalized spacial score (nSPS) is 17.2. The van der Waals surface area contributed by atoms with Gasteiger partial charge in [-0.2, -0.15) is 13.2 Å². The second kappa shape index (κ2) is 9.77. The average molecular weight is 435 g/mol. The molecule has 1 aromatic carbocycles. The van der Waals surface area contributed by atoms with Crippen LogP contribution in [0.4, 0.5) is 18.9 Å². The van der Waals surface area contributed by atoms with Crippen LogP contribution in [0.15, 0.2) is 18.2 Å². The van der Waals surface area contributed by atoms with Gasteiger partial charge < -0.3 is 10.6 Å². The zero-order valence-corrected chi connectivity index (χ0v) is 17.4. The van der Waals surface area contributed by atoms with E-state index in [-0.39, 0.29) is 35.2 Å². The van der Waals surface area contributed by atoms with E-state index in [1.54, 1.807) is 0 Å². The minimum absolute atomic E-state index is 0.0347. The number of rotatable bonds is 6. The van der Waals surface area contributed by atoms with E-state index in [0.29, 0.717) is 26.2 Å². The number of nitrogens with one attached hydrogen (secondary N) is 2. The molecule has 1 unspecified atom stereocenters. The Labute approximate surface area is 173 Å². The molecule has 1 aliphatic rings. The van der Waals surface area contributed by atoms with E-state index in [9.17, 15) is 22.8 Å². The van der Waals surface area contributed by atoms with Crippen LogP contribution in [0.5, 0.6) is 0 Å². The summed E-state index contributed by atoms with van der Waals surface area (Å²) in [7, 11) is 0. The van der Waals surface area contributed by atoms with Gasteiger partial charge in [0.25, 0.3) is 0 Å². The van der Waals surface area contributed by atoms with Gasteiger partial charge in [-0.05, 0) is 39.0 Å². The van der Waals surface area contributed by atoms with Gasteiger partial charge in [-0.3, -0.25) is 19.4 Å². The average Bonchev–Trinajstić information content (AvgIpc) is 2.62. The Morgan fingerprint density at radius 3 is 2.31 bits per heavy atom. The van der Waals surface area contributed by atoms with Gasteiger partial charge in [0.1, 0.15) is 0 Å². The van der Waals surface area contributed by atoms with Gasteiger partial charge in [-0.15, -0.1) is 0 Å². The van der Waals surface area contributed by atoms with E-state index in [0.717, 1.165) is 18.2 Å². The number of halogens is 4. The minimum Gasteiger partial charge on any atom is -0.353 e. The van der Waals surface area contributed by atoms with Crippen molar-refractivity contribution in [2.45, 2.75) is 39.0 Å². The summed E-state index contributed by atoms with van der Waals surface area (Å²) in [4.78, 5) is 28.3. The van der Waals surface area contributed by atoms with Crippen LogP contribution in [-0.2, 0) is 15.8 Å². The third-order valence-electron chi connectivity index (χ3n) is 4.70.